The first-order valence-electron chi connectivity index (χ1n) is 8.61. The lowest BCUT2D eigenvalue weighted by atomic mass is 9.80. The Morgan fingerprint density at radius 1 is 1.05 bits per heavy atom. The second kappa shape index (κ2) is 6.06. The Balaban J connectivity index is 2.90. The Hall–Kier alpha value is -1.31. The molecular weight excluding hydrogens is 268 g/mol. The van der Waals surface area contributed by atoms with E-state index in [9.17, 15) is 0 Å². The van der Waals surface area contributed by atoms with Crippen LogP contribution in [-0.2, 0) is 0 Å². The summed E-state index contributed by atoms with van der Waals surface area (Å²) in [5.74, 6) is 1.45. The minimum Gasteiger partial charge on any atom is -0.377 e. The summed E-state index contributed by atoms with van der Waals surface area (Å²) >= 11 is 0. The SMILES string of the molecule is Cc1nc(C(C)C)c2c(c1C)[C@H](C)[C@H](C)N(C)C=C2C(C)C. The van der Waals surface area contributed by atoms with E-state index < -0.39 is 0 Å². The largest absolute Gasteiger partial charge is 0.377 e. The summed E-state index contributed by atoms with van der Waals surface area (Å²) < 4.78 is 0. The third-order valence-corrected chi connectivity index (χ3v) is 5.38. The number of rotatable bonds is 2. The molecule has 0 aromatic carbocycles. The van der Waals surface area contributed by atoms with E-state index in [0.717, 1.165) is 0 Å². The van der Waals surface area contributed by atoms with Crippen LogP contribution in [0.25, 0.3) is 5.57 Å². The molecule has 122 valence electrons. The fourth-order valence-electron chi connectivity index (χ4n) is 3.56. The predicted octanol–water partition coefficient (Wildman–Crippen LogP) is 5.26. The monoisotopic (exact) mass is 300 g/mol. The van der Waals surface area contributed by atoms with Crippen molar-refractivity contribution in [3.63, 3.8) is 0 Å². The van der Waals surface area contributed by atoms with E-state index in [0.29, 0.717) is 23.8 Å². The molecule has 2 heterocycles. The molecule has 0 unspecified atom stereocenters. The number of hydrogen-bond acceptors (Lipinski definition) is 2. The zero-order chi connectivity index (χ0) is 16.8. The van der Waals surface area contributed by atoms with Gasteiger partial charge in [-0.3, -0.25) is 4.98 Å². The number of likely N-dealkylation sites (N-methyl/N-ethyl adjacent to an activating group) is 1. The van der Waals surface area contributed by atoms with Crippen LogP contribution in [0.4, 0.5) is 0 Å². The van der Waals surface area contributed by atoms with Gasteiger partial charge in [0.25, 0.3) is 0 Å². The van der Waals surface area contributed by atoms with E-state index in [4.69, 9.17) is 4.98 Å². The molecule has 0 saturated heterocycles. The molecule has 1 aliphatic rings. The van der Waals surface area contributed by atoms with Crippen molar-refractivity contribution < 1.29 is 0 Å². The number of fused-ring (bicyclic) bond motifs is 1. The Morgan fingerprint density at radius 3 is 2.14 bits per heavy atom. The zero-order valence-corrected chi connectivity index (χ0v) is 15.8. The number of pyridine rings is 1. The van der Waals surface area contributed by atoms with Crippen molar-refractivity contribution in [1.82, 2.24) is 9.88 Å². The molecule has 0 aliphatic carbocycles. The zero-order valence-electron chi connectivity index (χ0n) is 15.8. The molecule has 0 saturated carbocycles. The van der Waals surface area contributed by atoms with Gasteiger partial charge in [0.05, 0.1) is 5.69 Å². The van der Waals surface area contributed by atoms with Gasteiger partial charge in [-0.2, -0.15) is 0 Å². The van der Waals surface area contributed by atoms with Gasteiger partial charge in [0.1, 0.15) is 0 Å². The van der Waals surface area contributed by atoms with Gasteiger partial charge in [-0.15, -0.1) is 0 Å². The maximum Gasteiger partial charge on any atom is 0.0510 e. The highest BCUT2D eigenvalue weighted by atomic mass is 15.1. The van der Waals surface area contributed by atoms with E-state index >= 15 is 0 Å². The smallest absolute Gasteiger partial charge is 0.0510 e. The first-order chi connectivity index (χ1) is 10.2. The maximum atomic E-state index is 4.98. The predicted molar refractivity (Wildman–Crippen MR) is 96.3 cm³/mol. The molecule has 0 N–H and O–H groups in total. The van der Waals surface area contributed by atoms with Gasteiger partial charge < -0.3 is 4.90 Å². The van der Waals surface area contributed by atoms with Gasteiger partial charge >= 0.3 is 0 Å². The molecule has 1 aromatic rings. The topological polar surface area (TPSA) is 16.1 Å². The minimum absolute atomic E-state index is 0.445. The van der Waals surface area contributed by atoms with Crippen LogP contribution in [0.1, 0.15) is 81.5 Å². The second-order valence-electron chi connectivity index (χ2n) is 7.58. The average molecular weight is 300 g/mol. The van der Waals surface area contributed by atoms with Crippen molar-refractivity contribution in [3.8, 4) is 0 Å². The average Bonchev–Trinajstić information content (AvgIpc) is 2.53. The van der Waals surface area contributed by atoms with Crippen molar-refractivity contribution in [2.24, 2.45) is 5.92 Å². The highest BCUT2D eigenvalue weighted by Gasteiger charge is 2.31. The quantitative estimate of drug-likeness (QED) is 0.741. The maximum absolute atomic E-state index is 4.98. The van der Waals surface area contributed by atoms with Crippen LogP contribution in [0.2, 0.25) is 0 Å². The molecule has 0 spiro atoms. The number of nitrogens with zero attached hydrogens (tertiary/aromatic N) is 2. The third-order valence-electron chi connectivity index (χ3n) is 5.38. The first-order valence-corrected chi connectivity index (χ1v) is 8.61. The van der Waals surface area contributed by atoms with Crippen LogP contribution in [0.3, 0.4) is 0 Å². The third kappa shape index (κ3) is 2.68. The van der Waals surface area contributed by atoms with Crippen LogP contribution < -0.4 is 0 Å². The number of aryl methyl sites for hydroxylation is 1. The van der Waals surface area contributed by atoms with E-state index in [2.05, 4.69) is 73.5 Å². The molecule has 2 nitrogen and oxygen atoms in total. The molecular formula is C20H32N2. The van der Waals surface area contributed by atoms with Crippen LogP contribution in [-0.4, -0.2) is 23.0 Å². The highest BCUT2D eigenvalue weighted by Crippen LogP contribution is 2.42. The fraction of sp³-hybridized carbons (Fsp3) is 0.650. The Kier molecular flexibility index (Phi) is 4.70. The lowest BCUT2D eigenvalue weighted by Crippen LogP contribution is -2.28. The Labute approximate surface area is 136 Å². The van der Waals surface area contributed by atoms with E-state index in [-0.39, 0.29) is 0 Å². The fourth-order valence-corrected chi connectivity index (χ4v) is 3.56. The van der Waals surface area contributed by atoms with Crippen molar-refractivity contribution in [3.05, 3.63) is 34.3 Å². The van der Waals surface area contributed by atoms with Gasteiger partial charge in [-0.25, -0.2) is 0 Å². The Morgan fingerprint density at radius 2 is 1.64 bits per heavy atom. The summed E-state index contributed by atoms with van der Waals surface area (Å²) in [6.07, 6.45) is 2.36. The standard InChI is InChI=1S/C20H32N2/c1-11(2)17-10-22(9)16(8)14(6)18-13(5)15(7)21-20(12(3)4)19(17)18/h10-12,14,16H,1-9H3/t14-,16+/m1/s1. The van der Waals surface area contributed by atoms with Gasteiger partial charge in [-0.1, -0.05) is 34.6 Å². The minimum atomic E-state index is 0.445. The molecule has 1 aliphatic heterocycles. The van der Waals surface area contributed by atoms with E-state index in [1.54, 1.807) is 0 Å². The van der Waals surface area contributed by atoms with E-state index in [1.807, 2.05) is 0 Å². The highest BCUT2D eigenvalue weighted by molar-refractivity contribution is 5.74. The van der Waals surface area contributed by atoms with Crippen LogP contribution in [0.5, 0.6) is 0 Å². The summed E-state index contributed by atoms with van der Waals surface area (Å²) in [6.45, 7) is 18.2. The lowest BCUT2D eigenvalue weighted by molar-refractivity contribution is 0.316. The van der Waals surface area contributed by atoms with Gasteiger partial charge in [0.2, 0.25) is 0 Å². The molecule has 2 heteroatoms. The summed E-state index contributed by atoms with van der Waals surface area (Å²) in [4.78, 5) is 7.37. The van der Waals surface area contributed by atoms with E-state index in [1.165, 1.54) is 33.7 Å². The number of allylic oxidation sites excluding steroid dienone is 1. The van der Waals surface area contributed by atoms with Gasteiger partial charge in [0.15, 0.2) is 0 Å². The van der Waals surface area contributed by atoms with Crippen LogP contribution >= 0.6 is 0 Å². The molecule has 2 rings (SSSR count). The molecule has 0 radical (unpaired) electrons. The second-order valence-corrected chi connectivity index (χ2v) is 7.58. The van der Waals surface area contributed by atoms with Gasteiger partial charge in [-0.05, 0) is 49.3 Å². The van der Waals surface area contributed by atoms with Gasteiger partial charge in [0, 0.05) is 36.5 Å². The van der Waals surface area contributed by atoms with Crippen molar-refractivity contribution in [2.45, 2.75) is 73.3 Å². The van der Waals surface area contributed by atoms with Crippen LogP contribution in [0, 0.1) is 19.8 Å². The van der Waals surface area contributed by atoms with Crippen molar-refractivity contribution in [1.29, 1.82) is 0 Å². The number of hydrogen-bond donors (Lipinski definition) is 0. The lowest BCUT2D eigenvalue weighted by Gasteiger charge is -2.29. The number of aromatic nitrogens is 1. The summed E-state index contributed by atoms with van der Waals surface area (Å²) in [7, 11) is 2.21. The molecule has 22 heavy (non-hydrogen) atoms. The summed E-state index contributed by atoms with van der Waals surface area (Å²) in [5, 5.41) is 0. The molecule has 0 bridgehead atoms. The van der Waals surface area contributed by atoms with Crippen molar-refractivity contribution >= 4 is 5.57 Å². The van der Waals surface area contributed by atoms with Crippen molar-refractivity contribution in [2.75, 3.05) is 7.05 Å². The molecule has 1 aromatic heterocycles. The van der Waals surface area contributed by atoms with Crippen LogP contribution in [0.15, 0.2) is 6.20 Å². The molecule has 0 fully saturated rings. The summed E-state index contributed by atoms with van der Waals surface area (Å²) in [5.41, 5.74) is 8.22. The Bertz CT molecular complexity index is 596. The molecule has 0 amide bonds. The summed E-state index contributed by atoms with van der Waals surface area (Å²) in [6, 6.07) is 0.496. The molecule has 2 atom stereocenters. The first kappa shape index (κ1) is 17.1. The normalized spacial score (nSPS) is 22.0.